The molecule has 20 heavy (non-hydrogen) atoms. The summed E-state index contributed by atoms with van der Waals surface area (Å²) in [5, 5.41) is 4.36. The van der Waals surface area contributed by atoms with E-state index in [9.17, 15) is 0 Å². The van der Waals surface area contributed by atoms with E-state index in [4.69, 9.17) is 16.6 Å². The molecule has 2 heterocycles. The lowest BCUT2D eigenvalue weighted by Gasteiger charge is -2.14. The first-order chi connectivity index (χ1) is 9.67. The first-order valence-electron chi connectivity index (χ1n) is 6.77. The van der Waals surface area contributed by atoms with Gasteiger partial charge in [0.1, 0.15) is 0 Å². The molecule has 6 heteroatoms. The second kappa shape index (κ2) is 6.02. The molecule has 1 aliphatic rings. The van der Waals surface area contributed by atoms with Crippen LogP contribution in [0.5, 0.6) is 0 Å². The Kier molecular flexibility index (Phi) is 4.31. The van der Waals surface area contributed by atoms with Gasteiger partial charge in [0.25, 0.3) is 0 Å². The van der Waals surface area contributed by atoms with E-state index in [2.05, 4.69) is 23.3 Å². The number of rotatable bonds is 6. The standard InChI is InChI=1S/C14H18ClN3S2/c1-16-7-11-13(9-3-4-9)17-14(20-11)18(2)8-10-5-6-12(15)19-10/h5-6,9,16H,3-4,7-8H2,1-2H3. The second-order valence-electron chi connectivity index (χ2n) is 5.17. The smallest absolute Gasteiger partial charge is 0.185 e. The molecule has 0 saturated heterocycles. The average molecular weight is 328 g/mol. The van der Waals surface area contributed by atoms with E-state index in [-0.39, 0.29) is 0 Å². The Bertz CT molecular complexity index is 589. The fourth-order valence-corrected chi connectivity index (χ4v) is 4.47. The molecular formula is C14H18ClN3S2. The van der Waals surface area contributed by atoms with Crippen LogP contribution in [0.1, 0.15) is 34.2 Å². The third-order valence-corrected chi connectivity index (χ3v) is 5.77. The third kappa shape index (κ3) is 3.17. The van der Waals surface area contributed by atoms with Gasteiger partial charge < -0.3 is 10.2 Å². The van der Waals surface area contributed by atoms with Crippen LogP contribution in [0.4, 0.5) is 5.13 Å². The number of anilines is 1. The molecule has 1 aliphatic carbocycles. The van der Waals surface area contributed by atoms with Gasteiger partial charge in [-0.15, -0.1) is 22.7 Å². The van der Waals surface area contributed by atoms with Crippen molar-refractivity contribution in [3.63, 3.8) is 0 Å². The molecule has 108 valence electrons. The molecule has 0 unspecified atom stereocenters. The van der Waals surface area contributed by atoms with Crippen molar-refractivity contribution in [3.05, 3.63) is 31.9 Å². The third-order valence-electron chi connectivity index (χ3n) is 3.37. The molecule has 3 nitrogen and oxygen atoms in total. The molecule has 0 radical (unpaired) electrons. The number of thiophene rings is 1. The highest BCUT2D eigenvalue weighted by molar-refractivity contribution is 7.16. The number of nitrogens with zero attached hydrogens (tertiary/aromatic N) is 2. The van der Waals surface area contributed by atoms with Gasteiger partial charge in [0.2, 0.25) is 0 Å². The Balaban J connectivity index is 1.76. The van der Waals surface area contributed by atoms with Gasteiger partial charge in [0.15, 0.2) is 5.13 Å². The van der Waals surface area contributed by atoms with Crippen LogP contribution in [0.15, 0.2) is 12.1 Å². The van der Waals surface area contributed by atoms with Crippen LogP contribution in [0, 0.1) is 0 Å². The maximum Gasteiger partial charge on any atom is 0.185 e. The molecule has 0 aromatic carbocycles. The number of halogens is 1. The maximum atomic E-state index is 5.99. The molecule has 1 fully saturated rings. The summed E-state index contributed by atoms with van der Waals surface area (Å²) in [4.78, 5) is 9.75. The highest BCUT2D eigenvalue weighted by atomic mass is 35.5. The van der Waals surface area contributed by atoms with E-state index >= 15 is 0 Å². The van der Waals surface area contributed by atoms with Crippen molar-refractivity contribution in [3.8, 4) is 0 Å². The number of nitrogens with one attached hydrogen (secondary N) is 1. The van der Waals surface area contributed by atoms with E-state index in [1.807, 2.05) is 24.5 Å². The SMILES string of the molecule is CNCc1sc(N(C)Cc2ccc(Cl)s2)nc1C1CC1. The van der Waals surface area contributed by atoms with Crippen molar-refractivity contribution in [2.24, 2.45) is 0 Å². The largest absolute Gasteiger partial charge is 0.346 e. The lowest BCUT2D eigenvalue weighted by molar-refractivity contribution is 0.811. The number of aromatic nitrogens is 1. The van der Waals surface area contributed by atoms with Gasteiger partial charge in [-0.25, -0.2) is 4.98 Å². The Hall–Kier alpha value is -0.620. The van der Waals surface area contributed by atoms with Gasteiger partial charge in [0, 0.05) is 29.3 Å². The van der Waals surface area contributed by atoms with Crippen molar-refractivity contribution in [1.82, 2.24) is 10.3 Å². The molecule has 0 spiro atoms. The van der Waals surface area contributed by atoms with Crippen molar-refractivity contribution in [2.75, 3.05) is 19.0 Å². The van der Waals surface area contributed by atoms with Gasteiger partial charge in [-0.1, -0.05) is 11.6 Å². The Morgan fingerprint density at radius 3 is 2.80 bits per heavy atom. The molecule has 3 rings (SSSR count). The molecule has 0 atom stereocenters. The minimum atomic E-state index is 0.702. The Morgan fingerprint density at radius 1 is 1.40 bits per heavy atom. The monoisotopic (exact) mass is 327 g/mol. The van der Waals surface area contributed by atoms with E-state index < -0.39 is 0 Å². The number of hydrogen-bond acceptors (Lipinski definition) is 5. The molecular weight excluding hydrogens is 310 g/mol. The first kappa shape index (κ1) is 14.3. The minimum Gasteiger partial charge on any atom is -0.346 e. The number of thiazole rings is 1. The van der Waals surface area contributed by atoms with Crippen LogP contribution < -0.4 is 10.2 Å². The van der Waals surface area contributed by atoms with Gasteiger partial charge in [-0.3, -0.25) is 0 Å². The van der Waals surface area contributed by atoms with Gasteiger partial charge >= 0.3 is 0 Å². The van der Waals surface area contributed by atoms with E-state index in [1.165, 1.54) is 28.3 Å². The number of hydrogen-bond donors (Lipinski definition) is 1. The molecule has 1 saturated carbocycles. The van der Waals surface area contributed by atoms with Gasteiger partial charge in [-0.2, -0.15) is 0 Å². The van der Waals surface area contributed by atoms with E-state index in [1.54, 1.807) is 11.3 Å². The molecule has 0 amide bonds. The van der Waals surface area contributed by atoms with Crippen LogP contribution in [0.2, 0.25) is 4.34 Å². The summed E-state index contributed by atoms with van der Waals surface area (Å²) in [7, 11) is 4.10. The van der Waals surface area contributed by atoms with Crippen molar-refractivity contribution < 1.29 is 0 Å². The van der Waals surface area contributed by atoms with Crippen LogP contribution in [-0.4, -0.2) is 19.1 Å². The fourth-order valence-electron chi connectivity index (χ4n) is 2.22. The zero-order valence-corrected chi connectivity index (χ0v) is 14.0. The lowest BCUT2D eigenvalue weighted by Crippen LogP contribution is -2.15. The molecule has 0 aliphatic heterocycles. The van der Waals surface area contributed by atoms with Crippen LogP contribution in [0.25, 0.3) is 0 Å². The highest BCUT2D eigenvalue weighted by Crippen LogP contribution is 2.44. The van der Waals surface area contributed by atoms with Crippen molar-refractivity contribution in [2.45, 2.75) is 31.8 Å². The summed E-state index contributed by atoms with van der Waals surface area (Å²) in [5.74, 6) is 0.702. The Labute approximate surface area is 132 Å². The van der Waals surface area contributed by atoms with Crippen LogP contribution >= 0.6 is 34.3 Å². The molecule has 0 bridgehead atoms. The Morgan fingerprint density at radius 2 is 2.20 bits per heavy atom. The molecule has 1 N–H and O–H groups in total. The zero-order valence-electron chi connectivity index (χ0n) is 11.6. The summed E-state index contributed by atoms with van der Waals surface area (Å²) >= 11 is 9.44. The van der Waals surface area contributed by atoms with Crippen molar-refractivity contribution in [1.29, 1.82) is 0 Å². The molecule has 2 aromatic rings. The van der Waals surface area contributed by atoms with Crippen LogP contribution in [-0.2, 0) is 13.1 Å². The lowest BCUT2D eigenvalue weighted by atomic mass is 10.2. The summed E-state index contributed by atoms with van der Waals surface area (Å²) in [6, 6.07) is 4.05. The minimum absolute atomic E-state index is 0.702. The quantitative estimate of drug-likeness (QED) is 0.866. The van der Waals surface area contributed by atoms with E-state index in [0.29, 0.717) is 5.92 Å². The van der Waals surface area contributed by atoms with Gasteiger partial charge in [-0.05, 0) is 32.0 Å². The van der Waals surface area contributed by atoms with Crippen LogP contribution in [0.3, 0.4) is 0 Å². The predicted molar refractivity (Wildman–Crippen MR) is 88.3 cm³/mol. The van der Waals surface area contributed by atoms with Gasteiger partial charge in [0.05, 0.1) is 16.6 Å². The predicted octanol–water partition coefficient (Wildman–Crippen LogP) is 4.09. The normalized spacial score (nSPS) is 14.8. The second-order valence-corrected chi connectivity index (χ2v) is 8.03. The summed E-state index contributed by atoms with van der Waals surface area (Å²) in [6.45, 7) is 1.79. The summed E-state index contributed by atoms with van der Waals surface area (Å²) in [5.41, 5.74) is 1.32. The van der Waals surface area contributed by atoms with E-state index in [0.717, 1.165) is 22.6 Å². The zero-order chi connectivity index (χ0) is 14.1. The highest BCUT2D eigenvalue weighted by Gasteiger charge is 2.30. The topological polar surface area (TPSA) is 28.2 Å². The fraction of sp³-hybridized carbons (Fsp3) is 0.500. The van der Waals surface area contributed by atoms with Crippen molar-refractivity contribution >= 4 is 39.4 Å². The average Bonchev–Trinajstić information content (AvgIpc) is 3.05. The summed E-state index contributed by atoms with van der Waals surface area (Å²) < 4.78 is 0.849. The maximum absolute atomic E-state index is 5.99. The summed E-state index contributed by atoms with van der Waals surface area (Å²) in [6.07, 6.45) is 2.59. The first-order valence-corrected chi connectivity index (χ1v) is 8.78. The molecule has 2 aromatic heterocycles.